The van der Waals surface area contributed by atoms with Gasteiger partial charge in [0, 0.05) is 12.8 Å². The molecule has 1 saturated carbocycles. The Balaban J connectivity index is 1.71. The summed E-state index contributed by atoms with van der Waals surface area (Å²) in [6.07, 6.45) is 9.74. The first kappa shape index (κ1) is 20.1. The highest BCUT2D eigenvalue weighted by Crippen LogP contribution is 2.47. The predicted octanol–water partition coefficient (Wildman–Crippen LogP) is 3.82. The molecule has 2 aliphatic carbocycles. The van der Waals surface area contributed by atoms with Crippen LogP contribution >= 0.6 is 0 Å². The number of hydrogen-bond donors (Lipinski definition) is 2. The normalized spacial score (nSPS) is 28.0. The smallest absolute Gasteiger partial charge is 0.308 e. The van der Waals surface area contributed by atoms with E-state index in [9.17, 15) is 15.0 Å². The molecule has 1 unspecified atom stereocenters. The SMILES string of the molecule is CCCCC[C@H](O)/C=C/[C@H]1[C@H](O)CC2Cc3c(cccc3OC(C)=O)C[C@@H]21. The number of rotatable bonds is 7. The largest absolute Gasteiger partial charge is 0.426 e. The number of carbonyl (C=O) groups excluding carboxylic acids is 1. The Kier molecular flexibility index (Phi) is 6.72. The molecule has 4 nitrogen and oxygen atoms in total. The average Bonchev–Trinajstić information content (AvgIpc) is 2.92. The van der Waals surface area contributed by atoms with Crippen molar-refractivity contribution in [3.63, 3.8) is 0 Å². The number of ether oxygens (including phenoxy) is 1. The highest BCUT2D eigenvalue weighted by atomic mass is 16.5. The molecule has 5 atom stereocenters. The van der Waals surface area contributed by atoms with Gasteiger partial charge in [-0.1, -0.05) is 50.5 Å². The predicted molar refractivity (Wildman–Crippen MR) is 106 cm³/mol. The molecule has 27 heavy (non-hydrogen) atoms. The monoisotopic (exact) mass is 372 g/mol. The lowest BCUT2D eigenvalue weighted by molar-refractivity contribution is -0.131. The summed E-state index contributed by atoms with van der Waals surface area (Å²) in [6, 6.07) is 5.89. The Hall–Kier alpha value is -1.65. The first-order valence-corrected chi connectivity index (χ1v) is 10.3. The fourth-order valence-electron chi connectivity index (χ4n) is 4.81. The quantitative estimate of drug-likeness (QED) is 0.330. The van der Waals surface area contributed by atoms with Gasteiger partial charge in [0.15, 0.2) is 0 Å². The third kappa shape index (κ3) is 4.80. The van der Waals surface area contributed by atoms with Gasteiger partial charge in [0.25, 0.3) is 0 Å². The van der Waals surface area contributed by atoms with Crippen LogP contribution in [0.15, 0.2) is 30.4 Å². The zero-order valence-electron chi connectivity index (χ0n) is 16.4. The first-order valence-electron chi connectivity index (χ1n) is 10.3. The average molecular weight is 373 g/mol. The number of fused-ring (bicyclic) bond motifs is 2. The molecule has 2 aliphatic rings. The van der Waals surface area contributed by atoms with Gasteiger partial charge in [-0.15, -0.1) is 0 Å². The van der Waals surface area contributed by atoms with Gasteiger partial charge in [-0.25, -0.2) is 0 Å². The molecule has 1 aromatic carbocycles. The summed E-state index contributed by atoms with van der Waals surface area (Å²) < 4.78 is 5.39. The summed E-state index contributed by atoms with van der Waals surface area (Å²) in [5.41, 5.74) is 2.33. The molecule has 1 fully saturated rings. The molecular formula is C23H32O4. The van der Waals surface area contributed by atoms with Crippen LogP contribution in [0.25, 0.3) is 0 Å². The lowest BCUT2D eigenvalue weighted by Crippen LogP contribution is -2.26. The van der Waals surface area contributed by atoms with Crippen molar-refractivity contribution in [2.75, 3.05) is 0 Å². The minimum atomic E-state index is -0.422. The molecule has 3 rings (SSSR count). The van der Waals surface area contributed by atoms with E-state index >= 15 is 0 Å². The Morgan fingerprint density at radius 1 is 1.33 bits per heavy atom. The number of aliphatic hydroxyl groups excluding tert-OH is 2. The summed E-state index contributed by atoms with van der Waals surface area (Å²) in [4.78, 5) is 11.4. The molecule has 2 N–H and O–H groups in total. The van der Waals surface area contributed by atoms with Gasteiger partial charge in [0.1, 0.15) is 5.75 Å². The van der Waals surface area contributed by atoms with Crippen molar-refractivity contribution in [3.05, 3.63) is 41.5 Å². The van der Waals surface area contributed by atoms with Crippen molar-refractivity contribution in [2.45, 2.75) is 71.0 Å². The van der Waals surface area contributed by atoms with E-state index in [0.717, 1.165) is 50.5 Å². The zero-order chi connectivity index (χ0) is 19.4. The van der Waals surface area contributed by atoms with Crippen molar-refractivity contribution in [1.82, 2.24) is 0 Å². The van der Waals surface area contributed by atoms with Crippen molar-refractivity contribution in [2.24, 2.45) is 17.8 Å². The highest BCUT2D eigenvalue weighted by molar-refractivity contribution is 5.70. The van der Waals surface area contributed by atoms with Crippen LogP contribution in [0, 0.1) is 17.8 Å². The lowest BCUT2D eigenvalue weighted by atomic mass is 9.74. The molecule has 4 heteroatoms. The Bertz CT molecular complexity index is 681. The topological polar surface area (TPSA) is 66.8 Å². The van der Waals surface area contributed by atoms with Crippen LogP contribution in [0.3, 0.4) is 0 Å². The van der Waals surface area contributed by atoms with Crippen LogP contribution in [0.2, 0.25) is 0 Å². The van der Waals surface area contributed by atoms with Gasteiger partial charge >= 0.3 is 5.97 Å². The second-order valence-electron chi connectivity index (χ2n) is 8.15. The molecule has 148 valence electrons. The van der Waals surface area contributed by atoms with E-state index in [2.05, 4.69) is 13.0 Å². The van der Waals surface area contributed by atoms with E-state index in [1.165, 1.54) is 12.5 Å². The maximum Gasteiger partial charge on any atom is 0.308 e. The fourth-order valence-corrected chi connectivity index (χ4v) is 4.81. The van der Waals surface area contributed by atoms with Crippen LogP contribution in [0.1, 0.15) is 57.1 Å². The number of aliphatic hydroxyl groups is 2. The molecule has 0 aromatic heterocycles. The molecular weight excluding hydrogens is 340 g/mol. The summed E-state index contributed by atoms with van der Waals surface area (Å²) in [6.45, 7) is 3.59. The van der Waals surface area contributed by atoms with Gasteiger partial charge in [0.05, 0.1) is 12.2 Å². The van der Waals surface area contributed by atoms with Crippen LogP contribution < -0.4 is 4.74 Å². The van der Waals surface area contributed by atoms with E-state index in [-0.39, 0.29) is 18.0 Å². The first-order chi connectivity index (χ1) is 13.0. The standard InChI is InChI=1S/C23H32O4/c1-3-4-5-8-18(25)10-11-19-20-12-16-7-6-9-23(27-15(2)24)21(16)13-17(20)14-22(19)26/h6-7,9-11,17-20,22,25-26H,3-5,8,12-14H2,1-2H3/b11-10+/t17?,18-,19+,20-,22+/m0/s1. The molecule has 0 aliphatic heterocycles. The van der Waals surface area contributed by atoms with Crippen LogP contribution in [-0.2, 0) is 17.6 Å². The van der Waals surface area contributed by atoms with Gasteiger partial charge in [-0.05, 0) is 54.7 Å². The summed E-state index contributed by atoms with van der Waals surface area (Å²) in [5.74, 6) is 1.21. The summed E-state index contributed by atoms with van der Waals surface area (Å²) in [5, 5.41) is 20.8. The second-order valence-corrected chi connectivity index (χ2v) is 8.15. The molecule has 0 spiro atoms. The number of unbranched alkanes of at least 4 members (excludes halogenated alkanes) is 2. The van der Waals surface area contributed by atoms with Gasteiger partial charge in [-0.3, -0.25) is 4.79 Å². The number of carbonyl (C=O) groups is 1. The van der Waals surface area contributed by atoms with Crippen LogP contribution in [0.4, 0.5) is 0 Å². The van der Waals surface area contributed by atoms with Gasteiger partial charge in [-0.2, -0.15) is 0 Å². The minimum Gasteiger partial charge on any atom is -0.426 e. The fraction of sp³-hybridized carbons (Fsp3) is 0.609. The van der Waals surface area contributed by atoms with Crippen LogP contribution in [-0.4, -0.2) is 28.4 Å². The number of hydrogen-bond acceptors (Lipinski definition) is 4. The maximum atomic E-state index is 11.4. The van der Waals surface area contributed by atoms with E-state index < -0.39 is 6.10 Å². The highest BCUT2D eigenvalue weighted by Gasteiger charge is 2.44. The molecule has 0 amide bonds. The Morgan fingerprint density at radius 2 is 2.15 bits per heavy atom. The molecule has 0 heterocycles. The molecule has 0 saturated heterocycles. The Labute approximate surface area is 162 Å². The summed E-state index contributed by atoms with van der Waals surface area (Å²) in [7, 11) is 0. The van der Waals surface area contributed by atoms with Crippen molar-refractivity contribution < 1.29 is 19.7 Å². The minimum absolute atomic E-state index is 0.0846. The number of esters is 1. The zero-order valence-corrected chi connectivity index (χ0v) is 16.4. The molecule has 1 aromatic rings. The van der Waals surface area contributed by atoms with Gasteiger partial charge < -0.3 is 14.9 Å². The van der Waals surface area contributed by atoms with E-state index in [0.29, 0.717) is 17.6 Å². The molecule has 0 radical (unpaired) electrons. The maximum absolute atomic E-state index is 11.4. The van der Waals surface area contributed by atoms with E-state index in [1.54, 1.807) is 0 Å². The summed E-state index contributed by atoms with van der Waals surface area (Å²) >= 11 is 0. The number of benzene rings is 1. The van der Waals surface area contributed by atoms with Crippen molar-refractivity contribution >= 4 is 5.97 Å². The van der Waals surface area contributed by atoms with Crippen molar-refractivity contribution in [1.29, 1.82) is 0 Å². The lowest BCUT2D eigenvalue weighted by Gasteiger charge is -2.31. The van der Waals surface area contributed by atoms with Crippen LogP contribution in [0.5, 0.6) is 5.75 Å². The van der Waals surface area contributed by atoms with Gasteiger partial charge in [0.2, 0.25) is 0 Å². The van der Waals surface area contributed by atoms with E-state index in [1.807, 2.05) is 24.3 Å². The van der Waals surface area contributed by atoms with E-state index in [4.69, 9.17) is 4.74 Å². The Morgan fingerprint density at radius 3 is 2.89 bits per heavy atom. The van der Waals surface area contributed by atoms with Crippen molar-refractivity contribution in [3.8, 4) is 5.75 Å². The second kappa shape index (κ2) is 9.03. The third-order valence-corrected chi connectivity index (χ3v) is 6.15. The molecule has 0 bridgehead atoms. The third-order valence-electron chi connectivity index (χ3n) is 6.15.